The quantitative estimate of drug-likeness (QED) is 0.231. The second kappa shape index (κ2) is 20.6. The summed E-state index contributed by atoms with van der Waals surface area (Å²) in [6.07, 6.45) is 4.95. The maximum absolute atomic E-state index is 11.4. The van der Waals surface area contributed by atoms with Crippen LogP contribution in [0.5, 0.6) is 0 Å². The highest BCUT2D eigenvalue weighted by molar-refractivity contribution is 6.44. The zero-order valence-electron chi connectivity index (χ0n) is 25.7. The van der Waals surface area contributed by atoms with Crippen molar-refractivity contribution >= 4 is 76.9 Å². The Balaban J connectivity index is 0.000000343. The van der Waals surface area contributed by atoms with Crippen LogP contribution >= 0.6 is 0 Å². The Morgan fingerprint density at radius 2 is 1.58 bits per heavy atom. The molecule has 3 aliphatic rings. The van der Waals surface area contributed by atoms with Crippen LogP contribution in [-0.4, -0.2) is 110 Å². The molecule has 19 heteroatoms. The summed E-state index contributed by atoms with van der Waals surface area (Å²) >= 11 is 0. The van der Waals surface area contributed by atoms with Crippen LogP contribution in [-0.2, 0) is 28.7 Å². The Labute approximate surface area is 258 Å². The first-order valence-corrected chi connectivity index (χ1v) is 13.7. The molecule has 0 saturated heterocycles. The summed E-state index contributed by atoms with van der Waals surface area (Å²) in [6, 6.07) is -0.898. The van der Waals surface area contributed by atoms with E-state index in [-0.39, 0.29) is 42.5 Å². The number of amides is 9. The van der Waals surface area contributed by atoms with E-state index in [9.17, 15) is 33.6 Å². The number of carbonyl (C=O) groups excluding carboxylic acids is 7. The number of ether oxygens (including phenoxy) is 1. The Morgan fingerprint density at radius 1 is 0.933 bits per heavy atom. The lowest BCUT2D eigenvalue weighted by Gasteiger charge is -2.11. The Bertz CT molecular complexity index is 1350. The third kappa shape index (κ3) is 16.8. The first-order valence-electron chi connectivity index (χ1n) is 13.7. The highest BCUT2D eigenvalue weighted by Gasteiger charge is 2.20. The van der Waals surface area contributed by atoms with E-state index in [1.807, 2.05) is 0 Å². The minimum absolute atomic E-state index is 0.0353. The number of rotatable bonds is 6. The molecule has 9 amide bonds. The van der Waals surface area contributed by atoms with Gasteiger partial charge in [-0.05, 0) is 13.3 Å². The van der Waals surface area contributed by atoms with Crippen LogP contribution in [0.25, 0.3) is 0 Å². The van der Waals surface area contributed by atoms with E-state index in [0.717, 1.165) is 19.3 Å². The molecule has 0 saturated carbocycles. The summed E-state index contributed by atoms with van der Waals surface area (Å²) in [7, 11) is 1.36. The zero-order valence-corrected chi connectivity index (χ0v) is 25.7. The number of hydrogen-bond donors (Lipinski definition) is 5. The van der Waals surface area contributed by atoms with Gasteiger partial charge in [-0.25, -0.2) is 19.6 Å². The van der Waals surface area contributed by atoms with Gasteiger partial charge in [0.05, 0.1) is 13.1 Å². The lowest BCUT2D eigenvalue weighted by Crippen LogP contribution is -2.43. The van der Waals surface area contributed by atoms with Crippen molar-refractivity contribution in [2.24, 2.45) is 30.0 Å². The van der Waals surface area contributed by atoms with Gasteiger partial charge in [0, 0.05) is 45.8 Å². The molecule has 5 N–H and O–H groups in total. The van der Waals surface area contributed by atoms with Crippen molar-refractivity contribution in [3.63, 3.8) is 0 Å². The second-order valence-electron chi connectivity index (χ2n) is 9.13. The van der Waals surface area contributed by atoms with Crippen molar-refractivity contribution in [1.29, 1.82) is 0 Å². The van der Waals surface area contributed by atoms with E-state index >= 15 is 0 Å². The Morgan fingerprint density at radius 3 is 2.16 bits per heavy atom. The minimum atomic E-state index is -0.704. The van der Waals surface area contributed by atoms with Gasteiger partial charge in [-0.1, -0.05) is 19.8 Å². The summed E-state index contributed by atoms with van der Waals surface area (Å²) in [4.78, 5) is 99.0. The topological polar surface area (TPSA) is 263 Å². The molecule has 0 aromatic heterocycles. The molecule has 0 bridgehead atoms. The summed E-state index contributed by atoms with van der Waals surface area (Å²) in [5, 5.41) is 12.0. The predicted molar refractivity (Wildman–Crippen MR) is 165 cm³/mol. The van der Waals surface area contributed by atoms with Crippen LogP contribution in [0, 0.1) is 0 Å². The predicted octanol–water partition coefficient (Wildman–Crippen LogP) is -0.787. The largest absolute Gasteiger partial charge is 0.375 e. The molecule has 0 fully saturated rings. The molecule has 0 radical (unpaired) electrons. The number of aliphatic imine (C=N–C) groups is 6. The van der Waals surface area contributed by atoms with Crippen LogP contribution in [0.1, 0.15) is 53.4 Å². The van der Waals surface area contributed by atoms with E-state index in [1.54, 1.807) is 6.92 Å². The van der Waals surface area contributed by atoms with E-state index in [4.69, 9.17) is 0 Å². The molecule has 0 spiro atoms. The Kier molecular flexibility index (Phi) is 17.2. The van der Waals surface area contributed by atoms with E-state index in [0.29, 0.717) is 31.1 Å². The molecule has 0 atom stereocenters. The summed E-state index contributed by atoms with van der Waals surface area (Å²) in [6.45, 7) is 7.29. The van der Waals surface area contributed by atoms with E-state index in [1.165, 1.54) is 27.2 Å². The number of nitrogens with one attached hydrogen (secondary N) is 5. The number of hydrogen-bond acceptors (Lipinski definition) is 10. The summed E-state index contributed by atoms with van der Waals surface area (Å²) < 4.78 is 4.58. The van der Waals surface area contributed by atoms with Gasteiger partial charge < -0.3 is 26.0 Å². The second-order valence-corrected chi connectivity index (χ2v) is 9.13. The lowest BCUT2D eigenvalue weighted by atomic mass is 10.2. The Hall–Kier alpha value is -5.33. The highest BCUT2D eigenvalue weighted by atomic mass is 16.5. The van der Waals surface area contributed by atoms with Gasteiger partial charge in [0.25, 0.3) is 5.91 Å². The highest BCUT2D eigenvalue weighted by Crippen LogP contribution is 1.95. The maximum atomic E-state index is 11.4. The molecule has 0 aromatic carbocycles. The molecular formula is C26H37N11O8. The number of urea groups is 2. The number of amidine groups is 4. The van der Waals surface area contributed by atoms with Gasteiger partial charge in [0.2, 0.25) is 11.8 Å². The summed E-state index contributed by atoms with van der Waals surface area (Å²) in [5.74, 6) is -1.93. The molecule has 3 aliphatic heterocycles. The third-order valence-corrected chi connectivity index (χ3v) is 4.97. The van der Waals surface area contributed by atoms with Gasteiger partial charge >= 0.3 is 23.9 Å². The first kappa shape index (κ1) is 37.7. The van der Waals surface area contributed by atoms with E-state index in [2.05, 4.69) is 68.2 Å². The smallest absolute Gasteiger partial charge is 0.345 e. The fourth-order valence-corrected chi connectivity index (χ4v) is 3.11. The SMILES string of the molecule is CC(=O)NC1=NCC(C)=NC1=O.CCCCCNC(=O)N=C1CC=NC(=O)N1.COCC(=O)NC1=NCC(NC(C)=O)=NC1=O. The van der Waals surface area contributed by atoms with Crippen LogP contribution < -0.4 is 26.6 Å². The fraction of sp³-hybridized carbons (Fsp3) is 0.500. The van der Waals surface area contributed by atoms with Crippen LogP contribution in [0.3, 0.4) is 0 Å². The van der Waals surface area contributed by atoms with Gasteiger partial charge in [-0.15, -0.1) is 0 Å². The number of unbranched alkanes of at least 4 members (excludes halogenated alkanes) is 2. The fourth-order valence-electron chi connectivity index (χ4n) is 3.11. The van der Waals surface area contributed by atoms with Crippen molar-refractivity contribution in [2.75, 3.05) is 33.4 Å². The summed E-state index contributed by atoms with van der Waals surface area (Å²) in [5.41, 5.74) is 0.661. The molecule has 19 nitrogen and oxygen atoms in total. The minimum Gasteiger partial charge on any atom is -0.375 e. The van der Waals surface area contributed by atoms with Crippen molar-refractivity contribution in [2.45, 2.75) is 53.4 Å². The molecule has 244 valence electrons. The normalized spacial score (nSPS) is 16.2. The standard InChI is InChI=1S/C10H16N4O2.C9H12N4O4.C7H9N3O2/c1-2-3-4-6-11-9(15)13-8-5-7-12-10(16)14-8;1-5(14)11-6-3-10-8(9(16)12-6)13-7(15)4-17-2;1-4-3-8-6(7(12)9-4)10-5(2)11/h7H,2-6H2,1H3,(H2,11,13,14,15,16);3-4H2,1-2H3,(H,10,13,15)(H,11,12,14,16);3H2,1-2H3,(H,8,10,11). The molecule has 0 unspecified atom stereocenters. The maximum Gasteiger partial charge on any atom is 0.345 e. The monoisotopic (exact) mass is 631 g/mol. The first-order chi connectivity index (χ1) is 21.3. The number of methoxy groups -OCH3 is 1. The molecule has 3 heterocycles. The molecular weight excluding hydrogens is 594 g/mol. The van der Waals surface area contributed by atoms with Crippen molar-refractivity contribution in [1.82, 2.24) is 26.6 Å². The van der Waals surface area contributed by atoms with Gasteiger partial charge in [0.1, 0.15) is 18.3 Å². The third-order valence-electron chi connectivity index (χ3n) is 4.97. The molecule has 0 aliphatic carbocycles. The lowest BCUT2D eigenvalue weighted by molar-refractivity contribution is -0.124. The van der Waals surface area contributed by atoms with Crippen LogP contribution in [0.4, 0.5) is 9.59 Å². The molecule has 0 aromatic rings. The van der Waals surface area contributed by atoms with Gasteiger partial charge in [-0.2, -0.15) is 9.98 Å². The van der Waals surface area contributed by atoms with Crippen molar-refractivity contribution < 1.29 is 38.3 Å². The number of carbonyl (C=O) groups is 7. The average molecular weight is 632 g/mol. The van der Waals surface area contributed by atoms with Gasteiger partial charge in [-0.3, -0.25) is 39.3 Å². The molecule has 3 rings (SSSR count). The van der Waals surface area contributed by atoms with Crippen molar-refractivity contribution in [3.8, 4) is 0 Å². The molecule has 45 heavy (non-hydrogen) atoms. The van der Waals surface area contributed by atoms with Crippen LogP contribution in [0.15, 0.2) is 30.0 Å². The van der Waals surface area contributed by atoms with E-state index < -0.39 is 29.8 Å². The zero-order chi connectivity index (χ0) is 33.8. The van der Waals surface area contributed by atoms with Gasteiger partial charge in [0.15, 0.2) is 11.7 Å². The number of nitrogens with zero attached hydrogens (tertiary/aromatic N) is 6. The van der Waals surface area contributed by atoms with Crippen molar-refractivity contribution in [3.05, 3.63) is 0 Å². The van der Waals surface area contributed by atoms with Crippen LogP contribution in [0.2, 0.25) is 0 Å². The average Bonchev–Trinajstić information content (AvgIpc) is 2.95.